The Bertz CT molecular complexity index is 1470. The second-order valence-corrected chi connectivity index (χ2v) is 8.66. The van der Waals surface area contributed by atoms with E-state index < -0.39 is 17.6 Å². The lowest BCUT2D eigenvalue weighted by Crippen LogP contribution is -2.40. The molecule has 4 aromatic rings. The Balaban J connectivity index is 1.32. The van der Waals surface area contributed by atoms with Gasteiger partial charge in [-0.15, -0.1) is 0 Å². The Kier molecular flexibility index (Phi) is 7.38. The van der Waals surface area contributed by atoms with Crippen molar-refractivity contribution in [2.75, 3.05) is 42.4 Å². The van der Waals surface area contributed by atoms with Gasteiger partial charge in [0.15, 0.2) is 5.82 Å². The fourth-order valence-corrected chi connectivity index (χ4v) is 3.85. The number of nitrogens with one attached hydrogen (secondary N) is 3. The molecule has 0 radical (unpaired) electrons. The number of ether oxygens (including phenoxy) is 1. The molecular formula is C25H24F3N9O2. The minimum Gasteiger partial charge on any atom is -0.379 e. The van der Waals surface area contributed by atoms with E-state index >= 15 is 0 Å². The number of aryl methyl sites for hydroxylation is 1. The van der Waals surface area contributed by atoms with Crippen LogP contribution in [0.5, 0.6) is 0 Å². The van der Waals surface area contributed by atoms with E-state index in [1.165, 1.54) is 29.5 Å². The Morgan fingerprint density at radius 3 is 2.62 bits per heavy atom. The first-order chi connectivity index (χ1) is 18.8. The van der Waals surface area contributed by atoms with Crippen LogP contribution in [0.4, 0.5) is 36.3 Å². The molecule has 0 unspecified atom stereocenters. The van der Waals surface area contributed by atoms with Gasteiger partial charge in [-0.05, 0) is 42.8 Å². The molecule has 14 heteroatoms. The first-order valence-corrected chi connectivity index (χ1v) is 11.9. The zero-order chi connectivity index (χ0) is 27.4. The lowest BCUT2D eigenvalue weighted by atomic mass is 10.1. The molecule has 3 heterocycles. The monoisotopic (exact) mass is 539 g/mol. The summed E-state index contributed by atoms with van der Waals surface area (Å²) in [5.41, 5.74) is 4.05. The van der Waals surface area contributed by atoms with Gasteiger partial charge >= 0.3 is 6.18 Å². The summed E-state index contributed by atoms with van der Waals surface area (Å²) in [6, 6.07) is 11.1. The third-order valence-electron chi connectivity index (χ3n) is 5.90. The summed E-state index contributed by atoms with van der Waals surface area (Å²) in [5.74, 6) is 0.738. The number of alkyl halides is 3. The van der Waals surface area contributed by atoms with Crippen LogP contribution in [0.3, 0.4) is 0 Å². The second-order valence-electron chi connectivity index (χ2n) is 8.66. The van der Waals surface area contributed by atoms with Crippen molar-refractivity contribution in [3.8, 4) is 5.82 Å². The lowest BCUT2D eigenvalue weighted by Gasteiger charge is -2.27. The topological polar surface area (TPSA) is 122 Å². The largest absolute Gasteiger partial charge is 0.416 e. The van der Waals surface area contributed by atoms with E-state index in [1.807, 2.05) is 11.9 Å². The average molecular weight is 540 g/mol. The lowest BCUT2D eigenvalue weighted by molar-refractivity contribution is -0.137. The maximum Gasteiger partial charge on any atom is 0.416 e. The molecule has 1 saturated heterocycles. The van der Waals surface area contributed by atoms with Gasteiger partial charge in [-0.25, -0.2) is 15.0 Å². The van der Waals surface area contributed by atoms with Crippen molar-refractivity contribution in [3.63, 3.8) is 0 Å². The van der Waals surface area contributed by atoms with Crippen molar-refractivity contribution >= 4 is 29.0 Å². The van der Waals surface area contributed by atoms with E-state index in [0.717, 1.165) is 30.8 Å². The normalized spacial score (nSPS) is 14.2. The van der Waals surface area contributed by atoms with Crippen LogP contribution < -0.4 is 16.1 Å². The van der Waals surface area contributed by atoms with Gasteiger partial charge in [0.2, 0.25) is 5.95 Å². The number of halogens is 3. The standard InChI is InChI=1S/C25H24F3N9O2/c1-16-5-6-19(33-23(38)17-3-2-4-18(11-17)25(26,27)28)12-20(16)34-24-31-15-32-37(24)22-13-21(29-14-30-22)35-36-7-9-39-10-8-36/h2-6,11-15H,7-10H2,1H3,(H,33,38)(H,29,30,35)(H,31,32,34). The number of hydrogen-bond acceptors (Lipinski definition) is 9. The minimum absolute atomic E-state index is 0.107. The number of carbonyl (C=O) groups is 1. The molecule has 0 saturated carbocycles. The Morgan fingerprint density at radius 2 is 1.82 bits per heavy atom. The van der Waals surface area contributed by atoms with E-state index in [9.17, 15) is 18.0 Å². The molecule has 1 aliphatic rings. The highest BCUT2D eigenvalue weighted by atomic mass is 19.4. The number of amides is 1. The van der Waals surface area contributed by atoms with Crippen LogP contribution in [-0.4, -0.2) is 62.0 Å². The van der Waals surface area contributed by atoms with Gasteiger partial charge in [-0.1, -0.05) is 12.1 Å². The summed E-state index contributed by atoms with van der Waals surface area (Å²) in [7, 11) is 0. The van der Waals surface area contributed by atoms with Crippen molar-refractivity contribution in [2.45, 2.75) is 13.1 Å². The van der Waals surface area contributed by atoms with Crippen LogP contribution >= 0.6 is 0 Å². The van der Waals surface area contributed by atoms with Crippen LogP contribution in [0.2, 0.25) is 0 Å². The van der Waals surface area contributed by atoms with Crippen LogP contribution in [0.1, 0.15) is 21.5 Å². The molecule has 11 nitrogen and oxygen atoms in total. The third-order valence-corrected chi connectivity index (χ3v) is 5.90. The molecule has 5 rings (SSSR count). The highest BCUT2D eigenvalue weighted by Crippen LogP contribution is 2.30. The number of benzene rings is 2. The predicted molar refractivity (Wildman–Crippen MR) is 137 cm³/mol. The summed E-state index contributed by atoms with van der Waals surface area (Å²) in [6.45, 7) is 4.54. The SMILES string of the molecule is Cc1ccc(NC(=O)c2cccc(C(F)(F)F)c2)cc1Nc1ncnn1-c1cc(NN2CCOCC2)ncn1. The van der Waals surface area contributed by atoms with Crippen LogP contribution in [0.15, 0.2) is 61.2 Å². The predicted octanol–water partition coefficient (Wildman–Crippen LogP) is 4.04. The highest BCUT2D eigenvalue weighted by Gasteiger charge is 2.31. The number of rotatable bonds is 7. The molecule has 0 atom stereocenters. The fraction of sp³-hybridized carbons (Fsp3) is 0.240. The molecule has 3 N–H and O–H groups in total. The molecule has 0 aliphatic carbocycles. The summed E-state index contributed by atoms with van der Waals surface area (Å²) >= 11 is 0. The number of aromatic nitrogens is 5. The Hall–Kier alpha value is -4.56. The number of hydrogen-bond donors (Lipinski definition) is 3. The molecule has 2 aromatic heterocycles. The van der Waals surface area contributed by atoms with E-state index in [4.69, 9.17) is 4.74 Å². The summed E-state index contributed by atoms with van der Waals surface area (Å²) < 4.78 is 46.0. The maximum atomic E-state index is 13.0. The molecule has 202 valence electrons. The Morgan fingerprint density at radius 1 is 1.00 bits per heavy atom. The van der Waals surface area contributed by atoms with Gasteiger partial charge in [-0.3, -0.25) is 4.79 Å². The van der Waals surface area contributed by atoms with E-state index in [1.54, 1.807) is 24.3 Å². The minimum atomic E-state index is -4.55. The molecule has 2 aromatic carbocycles. The first kappa shape index (κ1) is 26.1. The second kappa shape index (κ2) is 11.0. The van der Waals surface area contributed by atoms with E-state index in [2.05, 4.69) is 36.1 Å². The molecule has 1 aliphatic heterocycles. The van der Waals surface area contributed by atoms with Crippen molar-refractivity contribution in [1.29, 1.82) is 0 Å². The van der Waals surface area contributed by atoms with E-state index in [-0.39, 0.29) is 5.56 Å². The number of hydrazine groups is 1. The van der Waals surface area contributed by atoms with Crippen molar-refractivity contribution in [3.05, 3.63) is 77.9 Å². The molecule has 0 spiro atoms. The third kappa shape index (κ3) is 6.30. The summed E-state index contributed by atoms with van der Waals surface area (Å²) in [5, 5.41) is 12.1. The number of morpholine rings is 1. The van der Waals surface area contributed by atoms with Crippen molar-refractivity contribution in [2.24, 2.45) is 0 Å². The fourth-order valence-electron chi connectivity index (χ4n) is 3.85. The van der Waals surface area contributed by atoms with Gasteiger partial charge in [-0.2, -0.15) is 27.9 Å². The zero-order valence-corrected chi connectivity index (χ0v) is 20.7. The maximum absolute atomic E-state index is 13.0. The quantitative estimate of drug-likeness (QED) is 0.319. The molecule has 1 amide bonds. The Labute approximate surface area is 221 Å². The average Bonchev–Trinajstić information content (AvgIpc) is 3.39. The highest BCUT2D eigenvalue weighted by molar-refractivity contribution is 6.04. The van der Waals surface area contributed by atoms with Crippen LogP contribution in [0, 0.1) is 6.92 Å². The van der Waals surface area contributed by atoms with Gasteiger partial charge in [0, 0.05) is 36.1 Å². The number of anilines is 4. The van der Waals surface area contributed by atoms with Crippen LogP contribution in [0.25, 0.3) is 5.82 Å². The first-order valence-electron chi connectivity index (χ1n) is 11.9. The van der Waals surface area contributed by atoms with Gasteiger partial charge in [0.1, 0.15) is 18.5 Å². The number of carbonyl (C=O) groups excluding carboxylic acids is 1. The summed E-state index contributed by atoms with van der Waals surface area (Å²) in [6.07, 6.45) is -1.76. The number of nitrogens with zero attached hydrogens (tertiary/aromatic N) is 6. The zero-order valence-electron chi connectivity index (χ0n) is 20.7. The molecule has 1 fully saturated rings. The van der Waals surface area contributed by atoms with Gasteiger partial charge in [0.25, 0.3) is 5.91 Å². The smallest absolute Gasteiger partial charge is 0.379 e. The van der Waals surface area contributed by atoms with Gasteiger partial charge < -0.3 is 20.8 Å². The summed E-state index contributed by atoms with van der Waals surface area (Å²) in [4.78, 5) is 25.5. The van der Waals surface area contributed by atoms with Gasteiger partial charge in [0.05, 0.1) is 18.8 Å². The molecule has 0 bridgehead atoms. The van der Waals surface area contributed by atoms with Crippen molar-refractivity contribution < 1.29 is 22.7 Å². The molecular weight excluding hydrogens is 515 g/mol. The van der Waals surface area contributed by atoms with Crippen molar-refractivity contribution in [1.82, 2.24) is 29.7 Å². The molecule has 39 heavy (non-hydrogen) atoms. The van der Waals surface area contributed by atoms with Crippen LogP contribution in [-0.2, 0) is 10.9 Å². The van der Waals surface area contributed by atoms with E-state index in [0.29, 0.717) is 42.2 Å².